The molecule has 0 aliphatic carbocycles. The fourth-order valence-electron chi connectivity index (χ4n) is 2.34. The van der Waals surface area contributed by atoms with Crippen LogP contribution in [0.25, 0.3) is 0 Å². The van der Waals surface area contributed by atoms with E-state index in [0.717, 1.165) is 5.56 Å². The largest absolute Gasteiger partial charge is 0.497 e. The number of hydrogen-bond acceptors (Lipinski definition) is 3. The van der Waals surface area contributed by atoms with Gasteiger partial charge in [0.25, 0.3) is 10.0 Å². The minimum atomic E-state index is -3.63. The highest BCUT2D eigenvalue weighted by Gasteiger charge is 2.21. The number of ether oxygens (including phenoxy) is 1. The highest BCUT2D eigenvalue weighted by molar-refractivity contribution is 7.92. The smallest absolute Gasteiger partial charge is 0.262 e. The Hall–Kier alpha value is -2.01. The molecule has 0 radical (unpaired) electrons. The number of para-hydroxylation sites is 1. The molecule has 0 aromatic heterocycles. The van der Waals surface area contributed by atoms with Crippen LogP contribution in [0.4, 0.5) is 5.69 Å². The van der Waals surface area contributed by atoms with Crippen LogP contribution in [0.1, 0.15) is 16.7 Å². The molecule has 0 spiro atoms. The van der Waals surface area contributed by atoms with Gasteiger partial charge in [-0.15, -0.1) is 0 Å². The van der Waals surface area contributed by atoms with Crippen molar-refractivity contribution in [3.63, 3.8) is 0 Å². The Bertz CT molecular complexity index is 744. The third-order valence-electron chi connectivity index (χ3n) is 3.33. The van der Waals surface area contributed by atoms with E-state index in [1.165, 1.54) is 0 Å². The van der Waals surface area contributed by atoms with Crippen molar-refractivity contribution in [1.82, 2.24) is 0 Å². The normalized spacial score (nSPS) is 11.2. The molecule has 1 N–H and O–H groups in total. The highest BCUT2D eigenvalue weighted by atomic mass is 32.2. The molecule has 0 amide bonds. The molecule has 0 saturated carbocycles. The second-order valence-electron chi connectivity index (χ2n) is 5.01. The quantitative estimate of drug-likeness (QED) is 0.941. The van der Waals surface area contributed by atoms with Crippen molar-refractivity contribution in [2.75, 3.05) is 11.8 Å². The summed E-state index contributed by atoms with van der Waals surface area (Å²) in [5.41, 5.74) is 2.79. The maximum absolute atomic E-state index is 12.6. The first-order valence-corrected chi connectivity index (χ1v) is 8.07. The highest BCUT2D eigenvalue weighted by Crippen LogP contribution is 2.28. The van der Waals surface area contributed by atoms with Crippen molar-refractivity contribution in [2.24, 2.45) is 0 Å². The Kier molecular flexibility index (Phi) is 4.23. The predicted molar refractivity (Wildman–Crippen MR) is 84.5 cm³/mol. The van der Waals surface area contributed by atoms with Gasteiger partial charge in [0.1, 0.15) is 5.75 Å². The second kappa shape index (κ2) is 5.77. The maximum Gasteiger partial charge on any atom is 0.262 e. The van der Waals surface area contributed by atoms with Crippen LogP contribution >= 0.6 is 0 Å². The first-order chi connectivity index (χ1) is 9.85. The van der Waals surface area contributed by atoms with E-state index in [-0.39, 0.29) is 0 Å². The van der Waals surface area contributed by atoms with Gasteiger partial charge >= 0.3 is 0 Å². The Morgan fingerprint density at radius 1 is 0.952 bits per heavy atom. The van der Waals surface area contributed by atoms with Crippen molar-refractivity contribution in [2.45, 2.75) is 25.7 Å². The maximum atomic E-state index is 12.6. The molecular weight excluding hydrogens is 286 g/mol. The summed E-state index contributed by atoms with van der Waals surface area (Å²) in [6, 6.07) is 10.7. The zero-order chi connectivity index (χ0) is 15.6. The molecule has 0 unspecified atom stereocenters. The van der Waals surface area contributed by atoms with Gasteiger partial charge in [-0.2, -0.15) is 0 Å². The molecule has 0 saturated heterocycles. The fourth-order valence-corrected chi connectivity index (χ4v) is 3.92. The summed E-state index contributed by atoms with van der Waals surface area (Å²) in [7, 11) is -2.06. The van der Waals surface area contributed by atoms with Gasteiger partial charge in [0, 0.05) is 0 Å². The Morgan fingerprint density at radius 3 is 2.05 bits per heavy atom. The van der Waals surface area contributed by atoms with Gasteiger partial charge in [-0.1, -0.05) is 18.2 Å². The third kappa shape index (κ3) is 3.19. The Labute approximate surface area is 125 Å². The summed E-state index contributed by atoms with van der Waals surface area (Å²) < 4.78 is 33.1. The average molecular weight is 305 g/mol. The molecule has 0 aliphatic rings. The van der Waals surface area contributed by atoms with E-state index in [4.69, 9.17) is 4.74 Å². The van der Waals surface area contributed by atoms with Crippen molar-refractivity contribution in [3.05, 3.63) is 53.1 Å². The Morgan fingerprint density at radius 2 is 1.52 bits per heavy atom. The molecule has 0 atom stereocenters. The molecule has 0 heterocycles. The lowest BCUT2D eigenvalue weighted by Gasteiger charge is -2.15. The predicted octanol–water partition coefficient (Wildman–Crippen LogP) is 3.42. The lowest BCUT2D eigenvalue weighted by Crippen LogP contribution is -2.16. The molecule has 0 fully saturated rings. The molecule has 2 aromatic rings. The summed E-state index contributed by atoms with van der Waals surface area (Å²) in [5.74, 6) is 0.653. The first-order valence-electron chi connectivity index (χ1n) is 6.59. The standard InChI is InChI=1S/C16H19NO3S/c1-11-7-5-6-8-15(11)17-21(18,19)16-12(2)9-14(20-4)10-13(16)3/h5-10,17H,1-4H3. The van der Waals surface area contributed by atoms with Gasteiger partial charge in [-0.05, 0) is 55.7 Å². The van der Waals surface area contributed by atoms with Crippen LogP contribution in [-0.2, 0) is 10.0 Å². The number of sulfonamides is 1. The monoisotopic (exact) mass is 305 g/mol. The van der Waals surface area contributed by atoms with Gasteiger partial charge in [-0.25, -0.2) is 8.42 Å². The van der Waals surface area contributed by atoms with E-state index >= 15 is 0 Å². The number of aryl methyl sites for hydroxylation is 3. The van der Waals surface area contributed by atoms with Crippen LogP contribution in [0.2, 0.25) is 0 Å². The topological polar surface area (TPSA) is 55.4 Å². The van der Waals surface area contributed by atoms with Crippen LogP contribution in [0.15, 0.2) is 41.3 Å². The minimum absolute atomic E-state index is 0.298. The lowest BCUT2D eigenvalue weighted by atomic mass is 10.1. The van der Waals surface area contributed by atoms with Gasteiger partial charge in [0.15, 0.2) is 0 Å². The van der Waals surface area contributed by atoms with Crippen molar-refractivity contribution in [1.29, 1.82) is 0 Å². The van der Waals surface area contributed by atoms with Crippen molar-refractivity contribution in [3.8, 4) is 5.75 Å². The second-order valence-corrected chi connectivity index (χ2v) is 6.63. The van der Waals surface area contributed by atoms with Crippen molar-refractivity contribution >= 4 is 15.7 Å². The van der Waals surface area contributed by atoms with E-state index in [9.17, 15) is 8.42 Å². The van der Waals surface area contributed by atoms with Crippen LogP contribution in [0.5, 0.6) is 5.75 Å². The van der Waals surface area contributed by atoms with Crippen molar-refractivity contribution < 1.29 is 13.2 Å². The van der Waals surface area contributed by atoms with Crippen LogP contribution in [0, 0.1) is 20.8 Å². The zero-order valence-corrected chi connectivity index (χ0v) is 13.4. The fraction of sp³-hybridized carbons (Fsp3) is 0.250. The van der Waals surface area contributed by atoms with Gasteiger partial charge in [0.05, 0.1) is 17.7 Å². The lowest BCUT2D eigenvalue weighted by molar-refractivity contribution is 0.413. The van der Waals surface area contributed by atoms with E-state index in [1.807, 2.05) is 19.1 Å². The van der Waals surface area contributed by atoms with Crippen LogP contribution < -0.4 is 9.46 Å². The molecule has 112 valence electrons. The summed E-state index contributed by atoms with van der Waals surface area (Å²) >= 11 is 0. The van der Waals surface area contributed by atoms with E-state index < -0.39 is 10.0 Å². The summed E-state index contributed by atoms with van der Waals surface area (Å²) in [4.78, 5) is 0.298. The number of rotatable bonds is 4. The SMILES string of the molecule is COc1cc(C)c(S(=O)(=O)Nc2ccccc2C)c(C)c1. The number of methoxy groups -OCH3 is 1. The van der Waals surface area contributed by atoms with E-state index in [2.05, 4.69) is 4.72 Å². The summed E-state index contributed by atoms with van der Waals surface area (Å²) in [5, 5.41) is 0. The molecular formula is C16H19NO3S. The van der Waals surface area contributed by atoms with Crippen LogP contribution in [0.3, 0.4) is 0 Å². The number of benzene rings is 2. The average Bonchev–Trinajstić information content (AvgIpc) is 2.40. The van der Waals surface area contributed by atoms with Crippen LogP contribution in [-0.4, -0.2) is 15.5 Å². The zero-order valence-electron chi connectivity index (χ0n) is 12.6. The van der Waals surface area contributed by atoms with Gasteiger partial charge < -0.3 is 4.74 Å². The molecule has 21 heavy (non-hydrogen) atoms. The third-order valence-corrected chi connectivity index (χ3v) is 5.00. The molecule has 2 rings (SSSR count). The molecule has 4 nitrogen and oxygen atoms in total. The molecule has 0 bridgehead atoms. The van der Waals surface area contributed by atoms with E-state index in [1.54, 1.807) is 45.2 Å². The summed E-state index contributed by atoms with van der Waals surface area (Å²) in [6.45, 7) is 5.40. The number of nitrogens with one attached hydrogen (secondary N) is 1. The Balaban J connectivity index is 2.48. The number of anilines is 1. The summed E-state index contributed by atoms with van der Waals surface area (Å²) in [6.07, 6.45) is 0. The van der Waals surface area contributed by atoms with E-state index in [0.29, 0.717) is 27.5 Å². The van der Waals surface area contributed by atoms with Gasteiger partial charge in [0.2, 0.25) is 0 Å². The number of hydrogen-bond donors (Lipinski definition) is 1. The van der Waals surface area contributed by atoms with Gasteiger partial charge in [-0.3, -0.25) is 4.72 Å². The molecule has 0 aliphatic heterocycles. The molecule has 2 aromatic carbocycles. The minimum Gasteiger partial charge on any atom is -0.497 e. The molecule has 5 heteroatoms. The first kappa shape index (κ1) is 15.4.